The second-order valence-corrected chi connectivity index (χ2v) is 7.96. The number of piperidine rings is 1. The van der Waals surface area contributed by atoms with Crippen LogP contribution >= 0.6 is 0 Å². The van der Waals surface area contributed by atoms with Crippen molar-refractivity contribution in [3.63, 3.8) is 0 Å². The second kappa shape index (κ2) is 10.1. The summed E-state index contributed by atoms with van der Waals surface area (Å²) in [7, 11) is 0. The molecule has 31 heavy (non-hydrogen) atoms. The minimum absolute atomic E-state index is 0.00118. The van der Waals surface area contributed by atoms with Gasteiger partial charge in [0.05, 0.1) is 18.9 Å². The normalized spacial score (nSPS) is 16.1. The molecule has 1 aliphatic heterocycles. The third-order valence-corrected chi connectivity index (χ3v) is 5.75. The Morgan fingerprint density at radius 2 is 1.74 bits per heavy atom. The lowest BCUT2D eigenvalue weighted by molar-refractivity contribution is -0.135. The summed E-state index contributed by atoms with van der Waals surface area (Å²) < 4.78 is 5.90. The molecule has 1 heterocycles. The molecule has 0 aliphatic carbocycles. The Morgan fingerprint density at radius 3 is 2.61 bits per heavy atom. The zero-order valence-electron chi connectivity index (χ0n) is 17.6. The Morgan fingerprint density at radius 1 is 0.968 bits per heavy atom. The number of hydrogen-bond acceptors (Lipinski definition) is 3. The van der Waals surface area contributed by atoms with E-state index >= 15 is 0 Å². The largest absolute Gasteiger partial charge is 0.491 e. The van der Waals surface area contributed by atoms with Gasteiger partial charge in [0.25, 0.3) is 0 Å². The summed E-state index contributed by atoms with van der Waals surface area (Å²) in [5, 5.41) is 5.17. The van der Waals surface area contributed by atoms with E-state index in [2.05, 4.69) is 17.4 Å². The van der Waals surface area contributed by atoms with E-state index in [9.17, 15) is 9.59 Å². The van der Waals surface area contributed by atoms with E-state index < -0.39 is 0 Å². The third-order valence-electron chi connectivity index (χ3n) is 5.75. The minimum Gasteiger partial charge on any atom is -0.491 e. The molecule has 0 aromatic heterocycles. The van der Waals surface area contributed by atoms with E-state index in [0.717, 1.165) is 41.5 Å². The smallest absolute Gasteiger partial charge is 0.227 e. The van der Waals surface area contributed by atoms with Crippen molar-refractivity contribution in [2.45, 2.75) is 19.3 Å². The summed E-state index contributed by atoms with van der Waals surface area (Å²) in [6, 6.07) is 23.8. The molecule has 160 valence electrons. The molecule has 5 heteroatoms. The SMILES string of the molecule is O=C(NCCOc1cccc2ccccc12)C1CCCN(C(=O)Cc2ccccc2)C1. The van der Waals surface area contributed by atoms with Crippen molar-refractivity contribution in [1.29, 1.82) is 0 Å². The number of hydrogen-bond donors (Lipinski definition) is 1. The molecule has 0 spiro atoms. The number of fused-ring (bicyclic) bond motifs is 1. The van der Waals surface area contributed by atoms with E-state index in [1.54, 1.807) is 0 Å². The maximum absolute atomic E-state index is 12.6. The molecule has 1 fully saturated rings. The van der Waals surface area contributed by atoms with Crippen LogP contribution in [-0.4, -0.2) is 43.0 Å². The van der Waals surface area contributed by atoms with Crippen LogP contribution in [0.25, 0.3) is 10.8 Å². The number of likely N-dealkylation sites (tertiary alicyclic amines) is 1. The quantitative estimate of drug-likeness (QED) is 0.596. The predicted octanol–water partition coefficient (Wildman–Crippen LogP) is 3.82. The van der Waals surface area contributed by atoms with Gasteiger partial charge in [0.2, 0.25) is 11.8 Å². The molecular formula is C26H28N2O3. The van der Waals surface area contributed by atoms with Crippen molar-refractivity contribution in [1.82, 2.24) is 10.2 Å². The lowest BCUT2D eigenvalue weighted by Crippen LogP contribution is -2.46. The van der Waals surface area contributed by atoms with Crippen molar-refractivity contribution >= 4 is 22.6 Å². The molecule has 5 nitrogen and oxygen atoms in total. The first-order valence-corrected chi connectivity index (χ1v) is 10.9. The van der Waals surface area contributed by atoms with Gasteiger partial charge in [-0.05, 0) is 29.9 Å². The van der Waals surface area contributed by atoms with E-state index in [1.807, 2.05) is 65.6 Å². The van der Waals surface area contributed by atoms with Crippen molar-refractivity contribution in [2.24, 2.45) is 5.92 Å². The molecular weight excluding hydrogens is 388 g/mol. The van der Waals surface area contributed by atoms with E-state index in [-0.39, 0.29) is 17.7 Å². The van der Waals surface area contributed by atoms with Gasteiger partial charge in [-0.1, -0.05) is 66.7 Å². The average molecular weight is 417 g/mol. The first-order valence-electron chi connectivity index (χ1n) is 10.9. The predicted molar refractivity (Wildman–Crippen MR) is 122 cm³/mol. The maximum atomic E-state index is 12.6. The monoisotopic (exact) mass is 416 g/mol. The van der Waals surface area contributed by atoms with Crippen molar-refractivity contribution < 1.29 is 14.3 Å². The van der Waals surface area contributed by atoms with Crippen LogP contribution < -0.4 is 10.1 Å². The number of carbonyl (C=O) groups is 2. The number of carbonyl (C=O) groups excluding carboxylic acids is 2. The minimum atomic E-state index is -0.161. The Kier molecular flexibility index (Phi) is 6.82. The maximum Gasteiger partial charge on any atom is 0.227 e. The number of rotatable bonds is 7. The van der Waals surface area contributed by atoms with Crippen molar-refractivity contribution in [3.8, 4) is 5.75 Å². The molecule has 0 radical (unpaired) electrons. The lowest BCUT2D eigenvalue weighted by atomic mass is 9.96. The molecule has 1 N–H and O–H groups in total. The standard InChI is InChI=1S/C26H28N2O3/c29-25(18-20-8-2-1-3-9-20)28-16-7-12-22(19-28)26(30)27-15-17-31-24-14-6-11-21-10-4-5-13-23(21)24/h1-6,8-11,13-14,22H,7,12,15-19H2,(H,27,30). The molecule has 0 saturated carbocycles. The summed E-state index contributed by atoms with van der Waals surface area (Å²) in [5.41, 5.74) is 1.00. The van der Waals surface area contributed by atoms with Crippen LogP contribution in [0.15, 0.2) is 72.8 Å². The van der Waals surface area contributed by atoms with Crippen LogP contribution in [0, 0.1) is 5.92 Å². The van der Waals surface area contributed by atoms with Gasteiger partial charge >= 0.3 is 0 Å². The van der Waals surface area contributed by atoms with Gasteiger partial charge in [0, 0.05) is 18.5 Å². The number of ether oxygens (including phenoxy) is 1. The fourth-order valence-electron chi connectivity index (χ4n) is 4.10. The van der Waals surface area contributed by atoms with Crippen LogP contribution in [0.5, 0.6) is 5.75 Å². The van der Waals surface area contributed by atoms with Crippen LogP contribution in [0.1, 0.15) is 18.4 Å². The summed E-state index contributed by atoms with van der Waals surface area (Å²) in [6.45, 7) is 2.06. The Bertz CT molecular complexity index is 1030. The van der Waals surface area contributed by atoms with E-state index in [4.69, 9.17) is 4.74 Å². The van der Waals surface area contributed by atoms with Crippen LogP contribution in [0.4, 0.5) is 0 Å². The van der Waals surface area contributed by atoms with Gasteiger partial charge in [0.15, 0.2) is 0 Å². The van der Waals surface area contributed by atoms with E-state index in [1.165, 1.54) is 0 Å². The van der Waals surface area contributed by atoms with Crippen LogP contribution in [0.2, 0.25) is 0 Å². The van der Waals surface area contributed by atoms with Gasteiger partial charge in [-0.25, -0.2) is 0 Å². The molecule has 1 unspecified atom stereocenters. The highest BCUT2D eigenvalue weighted by atomic mass is 16.5. The van der Waals surface area contributed by atoms with Crippen LogP contribution in [0.3, 0.4) is 0 Å². The number of amides is 2. The number of nitrogens with one attached hydrogen (secondary N) is 1. The lowest BCUT2D eigenvalue weighted by Gasteiger charge is -2.32. The van der Waals surface area contributed by atoms with Gasteiger partial charge in [-0.3, -0.25) is 9.59 Å². The van der Waals surface area contributed by atoms with Gasteiger partial charge < -0.3 is 15.0 Å². The van der Waals surface area contributed by atoms with E-state index in [0.29, 0.717) is 26.1 Å². The van der Waals surface area contributed by atoms with Crippen LogP contribution in [-0.2, 0) is 16.0 Å². The van der Waals surface area contributed by atoms with Gasteiger partial charge in [0.1, 0.15) is 12.4 Å². The summed E-state index contributed by atoms with van der Waals surface area (Å²) in [6.07, 6.45) is 2.05. The molecule has 4 rings (SSSR count). The first-order chi connectivity index (χ1) is 15.2. The first kappa shape index (κ1) is 20.9. The molecule has 3 aromatic carbocycles. The number of nitrogens with zero attached hydrogens (tertiary/aromatic N) is 1. The zero-order chi connectivity index (χ0) is 21.5. The Labute approximate surface area is 183 Å². The topological polar surface area (TPSA) is 58.6 Å². The molecule has 1 aliphatic rings. The molecule has 1 saturated heterocycles. The summed E-state index contributed by atoms with van der Waals surface area (Å²) >= 11 is 0. The summed E-state index contributed by atoms with van der Waals surface area (Å²) in [4.78, 5) is 27.1. The fraction of sp³-hybridized carbons (Fsp3) is 0.308. The highest BCUT2D eigenvalue weighted by Crippen LogP contribution is 2.25. The molecule has 1 atom stereocenters. The average Bonchev–Trinajstić information content (AvgIpc) is 2.82. The van der Waals surface area contributed by atoms with Gasteiger partial charge in [-0.15, -0.1) is 0 Å². The van der Waals surface area contributed by atoms with Crippen molar-refractivity contribution in [3.05, 3.63) is 78.4 Å². The Hall–Kier alpha value is -3.34. The molecule has 0 bridgehead atoms. The van der Waals surface area contributed by atoms with Gasteiger partial charge in [-0.2, -0.15) is 0 Å². The third kappa shape index (κ3) is 5.43. The highest BCUT2D eigenvalue weighted by molar-refractivity contribution is 5.88. The van der Waals surface area contributed by atoms with Crippen molar-refractivity contribution in [2.75, 3.05) is 26.2 Å². The molecule has 2 amide bonds. The molecule has 3 aromatic rings. The zero-order valence-corrected chi connectivity index (χ0v) is 17.6. The summed E-state index contributed by atoms with van der Waals surface area (Å²) in [5.74, 6) is 0.746. The fourth-order valence-corrected chi connectivity index (χ4v) is 4.10. The highest BCUT2D eigenvalue weighted by Gasteiger charge is 2.28. The second-order valence-electron chi connectivity index (χ2n) is 7.96. The Balaban J connectivity index is 1.24. The number of benzene rings is 3.